The van der Waals surface area contributed by atoms with Crippen LogP contribution < -0.4 is 5.32 Å². The molecule has 76 valence electrons. The number of nitrogens with one attached hydrogen (secondary N) is 1. The van der Waals surface area contributed by atoms with Crippen molar-refractivity contribution in [3.8, 4) is 0 Å². The molecule has 0 spiro atoms. The van der Waals surface area contributed by atoms with Gasteiger partial charge in [-0.05, 0) is 12.1 Å². The van der Waals surface area contributed by atoms with Gasteiger partial charge in [0.05, 0.1) is 11.9 Å². The van der Waals surface area contributed by atoms with Gasteiger partial charge in [-0.1, -0.05) is 0 Å². The van der Waals surface area contributed by atoms with Gasteiger partial charge in [0.2, 0.25) is 5.91 Å². The molecule has 0 radical (unpaired) electrons. The SMILES string of the molecule is CC(=O)Nc1ccc(S(=O)(=O)Cl)nc1. The van der Waals surface area contributed by atoms with Crippen LogP contribution in [0.2, 0.25) is 0 Å². The van der Waals surface area contributed by atoms with Gasteiger partial charge in [-0.25, -0.2) is 13.4 Å². The van der Waals surface area contributed by atoms with E-state index in [0.717, 1.165) is 0 Å². The third kappa shape index (κ3) is 2.97. The zero-order valence-electron chi connectivity index (χ0n) is 7.19. The van der Waals surface area contributed by atoms with E-state index in [1.807, 2.05) is 0 Å². The molecule has 0 bridgehead atoms. The molecular formula is C7H7ClN2O3S. The van der Waals surface area contributed by atoms with Crippen LogP contribution in [0.25, 0.3) is 0 Å². The van der Waals surface area contributed by atoms with Crippen molar-refractivity contribution in [1.29, 1.82) is 0 Å². The Labute approximate surface area is 85.5 Å². The summed E-state index contributed by atoms with van der Waals surface area (Å²) in [5.41, 5.74) is 0.418. The molecule has 1 amide bonds. The minimum atomic E-state index is -3.80. The maximum Gasteiger partial charge on any atom is 0.278 e. The van der Waals surface area contributed by atoms with Crippen molar-refractivity contribution in [2.75, 3.05) is 5.32 Å². The van der Waals surface area contributed by atoms with E-state index >= 15 is 0 Å². The molecule has 0 aliphatic rings. The number of pyridine rings is 1. The molecule has 5 nitrogen and oxygen atoms in total. The minimum absolute atomic E-state index is 0.242. The summed E-state index contributed by atoms with van der Waals surface area (Å²) < 4.78 is 21.6. The first-order valence-corrected chi connectivity index (χ1v) is 5.89. The highest BCUT2D eigenvalue weighted by Crippen LogP contribution is 2.13. The Morgan fingerprint density at radius 2 is 2.14 bits per heavy atom. The maximum atomic E-state index is 10.8. The topological polar surface area (TPSA) is 76.1 Å². The Hall–Kier alpha value is -1.14. The van der Waals surface area contributed by atoms with E-state index in [-0.39, 0.29) is 10.9 Å². The van der Waals surface area contributed by atoms with E-state index in [1.165, 1.54) is 25.3 Å². The third-order valence-electron chi connectivity index (χ3n) is 1.31. The number of halogens is 1. The lowest BCUT2D eigenvalue weighted by atomic mass is 10.4. The van der Waals surface area contributed by atoms with Crippen molar-refractivity contribution in [3.05, 3.63) is 18.3 Å². The molecule has 1 heterocycles. The molecule has 14 heavy (non-hydrogen) atoms. The molecule has 0 aliphatic heterocycles. The lowest BCUT2D eigenvalue weighted by molar-refractivity contribution is -0.114. The summed E-state index contributed by atoms with van der Waals surface area (Å²) in [5.74, 6) is -0.256. The second-order valence-corrected chi connectivity index (χ2v) is 5.02. The van der Waals surface area contributed by atoms with Crippen LogP contribution in [0.3, 0.4) is 0 Å². The normalized spacial score (nSPS) is 11.0. The fourth-order valence-electron chi connectivity index (χ4n) is 0.802. The first kappa shape index (κ1) is 10.9. The van der Waals surface area contributed by atoms with E-state index in [4.69, 9.17) is 10.7 Å². The van der Waals surface area contributed by atoms with Crippen LogP contribution in [0, 0.1) is 0 Å². The van der Waals surface area contributed by atoms with Crippen molar-refractivity contribution in [2.45, 2.75) is 11.9 Å². The number of rotatable bonds is 2. The van der Waals surface area contributed by atoms with Gasteiger partial charge in [-0.15, -0.1) is 0 Å². The number of anilines is 1. The van der Waals surface area contributed by atoms with Gasteiger partial charge >= 0.3 is 0 Å². The summed E-state index contributed by atoms with van der Waals surface area (Å²) in [4.78, 5) is 14.2. The van der Waals surface area contributed by atoms with Gasteiger partial charge in [0.1, 0.15) is 0 Å². The van der Waals surface area contributed by atoms with Gasteiger partial charge in [0, 0.05) is 17.6 Å². The number of carbonyl (C=O) groups is 1. The molecule has 0 aromatic carbocycles. The highest BCUT2D eigenvalue weighted by Gasteiger charge is 2.10. The molecule has 1 rings (SSSR count). The van der Waals surface area contributed by atoms with Crippen LogP contribution in [0.1, 0.15) is 6.92 Å². The molecule has 0 saturated carbocycles. The van der Waals surface area contributed by atoms with Gasteiger partial charge in [-0.3, -0.25) is 4.79 Å². The highest BCUT2D eigenvalue weighted by atomic mass is 35.7. The summed E-state index contributed by atoms with van der Waals surface area (Å²) in [6.07, 6.45) is 1.22. The lowest BCUT2D eigenvalue weighted by Gasteiger charge is -2.00. The molecule has 1 aromatic rings. The van der Waals surface area contributed by atoms with Gasteiger partial charge < -0.3 is 5.32 Å². The average Bonchev–Trinajstić information content (AvgIpc) is 2.02. The van der Waals surface area contributed by atoms with E-state index < -0.39 is 9.05 Å². The molecule has 0 fully saturated rings. The van der Waals surface area contributed by atoms with Gasteiger partial charge in [-0.2, -0.15) is 0 Å². The molecule has 0 aliphatic carbocycles. The van der Waals surface area contributed by atoms with Crippen molar-refractivity contribution < 1.29 is 13.2 Å². The van der Waals surface area contributed by atoms with Crippen molar-refractivity contribution in [3.63, 3.8) is 0 Å². The Balaban J connectivity index is 2.95. The molecule has 1 aromatic heterocycles. The van der Waals surface area contributed by atoms with Crippen molar-refractivity contribution in [1.82, 2.24) is 4.98 Å². The second kappa shape index (κ2) is 3.93. The number of hydrogen-bond donors (Lipinski definition) is 1. The third-order valence-corrected chi connectivity index (χ3v) is 2.52. The Bertz CT molecular complexity index is 441. The van der Waals surface area contributed by atoms with Crippen LogP contribution >= 0.6 is 10.7 Å². The summed E-state index contributed by atoms with van der Waals surface area (Å²) in [6.45, 7) is 1.34. The number of hydrogen-bond acceptors (Lipinski definition) is 4. The van der Waals surface area contributed by atoms with E-state index in [0.29, 0.717) is 5.69 Å². The summed E-state index contributed by atoms with van der Waals surface area (Å²) in [5, 5.41) is 2.20. The average molecular weight is 235 g/mol. The van der Waals surface area contributed by atoms with Gasteiger partial charge in [0.15, 0.2) is 5.03 Å². The number of carbonyl (C=O) groups excluding carboxylic acids is 1. The first-order valence-electron chi connectivity index (χ1n) is 3.58. The largest absolute Gasteiger partial charge is 0.325 e. The smallest absolute Gasteiger partial charge is 0.278 e. The van der Waals surface area contributed by atoms with Gasteiger partial charge in [0.25, 0.3) is 9.05 Å². The Morgan fingerprint density at radius 3 is 2.50 bits per heavy atom. The zero-order valence-corrected chi connectivity index (χ0v) is 8.76. The second-order valence-electron chi connectivity index (χ2n) is 2.50. The zero-order chi connectivity index (χ0) is 10.8. The monoisotopic (exact) mass is 234 g/mol. The standard InChI is InChI=1S/C7H7ClN2O3S/c1-5(11)10-6-2-3-7(9-4-6)14(8,12)13/h2-4H,1H3,(H,10,11). The molecular weight excluding hydrogens is 228 g/mol. The van der Waals surface area contributed by atoms with Crippen LogP contribution in [0.5, 0.6) is 0 Å². The van der Waals surface area contributed by atoms with Crippen molar-refractivity contribution in [2.24, 2.45) is 0 Å². The number of nitrogens with zero attached hydrogens (tertiary/aromatic N) is 1. The summed E-state index contributed by atoms with van der Waals surface area (Å²) in [6, 6.07) is 2.62. The fourth-order valence-corrected chi connectivity index (χ4v) is 1.48. The molecule has 0 atom stereocenters. The molecule has 7 heteroatoms. The number of aromatic nitrogens is 1. The van der Waals surface area contributed by atoms with Crippen LogP contribution in [0.15, 0.2) is 23.4 Å². The predicted molar refractivity (Wildman–Crippen MR) is 51.6 cm³/mol. The Morgan fingerprint density at radius 1 is 1.50 bits per heavy atom. The van der Waals surface area contributed by atoms with E-state index in [1.54, 1.807) is 0 Å². The highest BCUT2D eigenvalue weighted by molar-refractivity contribution is 8.13. The molecule has 0 saturated heterocycles. The molecule has 0 unspecified atom stereocenters. The summed E-state index contributed by atoms with van der Waals surface area (Å²) in [7, 11) is 1.24. The number of amides is 1. The van der Waals surface area contributed by atoms with Crippen LogP contribution in [-0.2, 0) is 13.8 Å². The first-order chi connectivity index (χ1) is 6.39. The fraction of sp³-hybridized carbons (Fsp3) is 0.143. The van der Waals surface area contributed by atoms with Crippen LogP contribution in [0.4, 0.5) is 5.69 Å². The Kier molecular flexibility index (Phi) is 3.07. The van der Waals surface area contributed by atoms with E-state index in [2.05, 4.69) is 10.3 Å². The maximum absolute atomic E-state index is 10.8. The predicted octanol–water partition coefficient (Wildman–Crippen LogP) is 0.967. The van der Waals surface area contributed by atoms with Crippen molar-refractivity contribution >= 4 is 31.3 Å². The molecule has 1 N–H and O–H groups in total. The van der Waals surface area contributed by atoms with Crippen LogP contribution in [-0.4, -0.2) is 19.3 Å². The summed E-state index contributed by atoms with van der Waals surface area (Å²) >= 11 is 0. The van der Waals surface area contributed by atoms with E-state index in [9.17, 15) is 13.2 Å². The minimum Gasteiger partial charge on any atom is -0.325 e. The quantitative estimate of drug-likeness (QED) is 0.774. The lowest BCUT2D eigenvalue weighted by Crippen LogP contribution is -2.06.